The first-order valence-electron chi connectivity index (χ1n) is 18.8. The molecule has 0 saturated carbocycles. The quantitative estimate of drug-likeness (QED) is 0.0712. The number of nitrogens with zero attached hydrogens (tertiary/aromatic N) is 10. The Labute approximate surface area is 348 Å². The number of aryl methyl sites for hydroxylation is 1. The third kappa shape index (κ3) is 10.9. The van der Waals surface area contributed by atoms with Gasteiger partial charge in [-0.05, 0) is 95.1 Å². The van der Waals surface area contributed by atoms with Gasteiger partial charge in [-0.3, -0.25) is 9.97 Å². The Bertz CT molecular complexity index is 2340. The van der Waals surface area contributed by atoms with E-state index in [-0.39, 0.29) is 0 Å². The molecule has 2 aromatic carbocycles. The van der Waals surface area contributed by atoms with Crippen LogP contribution in [0.1, 0.15) is 53.9 Å². The van der Waals surface area contributed by atoms with Crippen LogP contribution in [0.4, 0.5) is 35.1 Å². The van der Waals surface area contributed by atoms with Gasteiger partial charge in [0, 0.05) is 55.5 Å². The number of aliphatic hydroxyl groups is 2. The highest BCUT2D eigenvalue weighted by Crippen LogP contribution is 2.48. The zero-order valence-corrected chi connectivity index (χ0v) is 33.1. The van der Waals surface area contributed by atoms with Crippen molar-refractivity contribution in [2.24, 2.45) is 0 Å². The van der Waals surface area contributed by atoms with Gasteiger partial charge in [-0.25, -0.2) is 26.9 Å². The van der Waals surface area contributed by atoms with Crippen LogP contribution in [0.5, 0.6) is 0 Å². The third-order valence-corrected chi connectivity index (χ3v) is 9.30. The van der Waals surface area contributed by atoms with E-state index < -0.39 is 81.9 Å². The zero-order chi connectivity index (χ0) is 45.0. The maximum Gasteiger partial charge on any atom is 0.323 e. The van der Waals surface area contributed by atoms with Crippen LogP contribution in [-0.2, 0) is 52.0 Å². The molecular weight excluding hydrogens is 836 g/mol. The van der Waals surface area contributed by atoms with Gasteiger partial charge in [0.1, 0.15) is 47.3 Å². The summed E-state index contributed by atoms with van der Waals surface area (Å²) in [4.78, 5) is 7.57. The minimum Gasteiger partial charge on any atom is -0.382 e. The fraction of sp³-hybridized carbons (Fsp3) is 0.350. The smallest absolute Gasteiger partial charge is 0.323 e. The lowest BCUT2D eigenvalue weighted by Crippen LogP contribution is -2.48. The summed E-state index contributed by atoms with van der Waals surface area (Å²) in [6.07, 6.45) is 9.03. The van der Waals surface area contributed by atoms with Crippen molar-refractivity contribution in [3.05, 3.63) is 149 Å². The molecule has 6 aromatic rings. The molecule has 0 bridgehead atoms. The van der Waals surface area contributed by atoms with Crippen LogP contribution in [0.3, 0.4) is 0 Å². The molecule has 0 spiro atoms. The Morgan fingerprint density at radius 2 is 1.18 bits per heavy atom. The first kappa shape index (κ1) is 47.0. The molecule has 0 aliphatic carbocycles. The summed E-state index contributed by atoms with van der Waals surface area (Å²) in [6.45, 7) is 3.91. The molecule has 22 heteroatoms. The minimum absolute atomic E-state index is 0.351. The number of ether oxygens (including phenoxy) is 2. The highest BCUT2D eigenvalue weighted by Gasteiger charge is 2.59. The van der Waals surface area contributed by atoms with Crippen molar-refractivity contribution in [1.29, 1.82) is 0 Å². The van der Waals surface area contributed by atoms with Gasteiger partial charge in [0.2, 0.25) is 0 Å². The molecule has 0 fully saturated rings. The van der Waals surface area contributed by atoms with Crippen molar-refractivity contribution in [3.8, 4) is 0 Å². The Balaban J connectivity index is 0.000000234. The van der Waals surface area contributed by atoms with Gasteiger partial charge >= 0.3 is 11.8 Å². The average molecular weight is 877 g/mol. The fourth-order valence-corrected chi connectivity index (χ4v) is 6.10. The highest BCUT2D eigenvalue weighted by molar-refractivity contribution is 5.48. The van der Waals surface area contributed by atoms with Crippen molar-refractivity contribution in [3.63, 3.8) is 0 Å². The van der Waals surface area contributed by atoms with Crippen LogP contribution in [0.15, 0.2) is 91.8 Å². The number of benzene rings is 2. The van der Waals surface area contributed by atoms with E-state index in [0.717, 1.165) is 58.4 Å². The fourth-order valence-electron chi connectivity index (χ4n) is 6.10. The Morgan fingerprint density at radius 3 is 1.60 bits per heavy atom. The summed E-state index contributed by atoms with van der Waals surface area (Å²) in [7, 11) is 0. The van der Waals surface area contributed by atoms with Crippen molar-refractivity contribution in [2.45, 2.75) is 62.8 Å². The molecular formula is C40H40F8N10O4. The lowest BCUT2D eigenvalue weighted by Gasteiger charge is -2.35. The zero-order valence-electron chi connectivity index (χ0n) is 33.1. The molecule has 6 rings (SSSR count). The topological polar surface area (TPSA) is 172 Å². The number of pyridine rings is 2. The summed E-state index contributed by atoms with van der Waals surface area (Å²) in [5.41, 5.74) is -8.31. The maximum atomic E-state index is 15.6. The second-order valence-corrected chi connectivity index (χ2v) is 13.5. The van der Waals surface area contributed by atoms with E-state index >= 15 is 17.6 Å². The van der Waals surface area contributed by atoms with Crippen molar-refractivity contribution >= 4 is 6.08 Å². The van der Waals surface area contributed by atoms with Gasteiger partial charge in [0.05, 0.1) is 19.7 Å². The van der Waals surface area contributed by atoms with Gasteiger partial charge in [-0.1, -0.05) is 24.3 Å². The molecule has 2 atom stereocenters. The van der Waals surface area contributed by atoms with Gasteiger partial charge in [0.25, 0.3) is 0 Å². The molecule has 2 N–H and O–H groups in total. The number of halogens is 8. The highest BCUT2D eigenvalue weighted by atomic mass is 19.3. The monoisotopic (exact) mass is 876 g/mol. The molecule has 0 aliphatic heterocycles. The predicted octanol–water partition coefficient (Wildman–Crippen LogP) is 6.07. The minimum atomic E-state index is -4.09. The van der Waals surface area contributed by atoms with Gasteiger partial charge in [-0.15, -0.1) is 10.2 Å². The van der Waals surface area contributed by atoms with E-state index in [0.29, 0.717) is 62.5 Å². The maximum absolute atomic E-state index is 15.6. The van der Waals surface area contributed by atoms with Crippen LogP contribution < -0.4 is 0 Å². The van der Waals surface area contributed by atoms with Gasteiger partial charge in [0.15, 0.2) is 11.2 Å². The number of hydrogen-bond acceptors (Lipinski definition) is 12. The van der Waals surface area contributed by atoms with Crippen LogP contribution >= 0.6 is 0 Å². The van der Waals surface area contributed by atoms with Gasteiger partial charge in [-0.2, -0.15) is 17.6 Å². The molecule has 0 saturated heterocycles. The molecule has 0 amide bonds. The summed E-state index contributed by atoms with van der Waals surface area (Å²) in [5, 5.41) is 42.5. The van der Waals surface area contributed by atoms with Crippen LogP contribution in [-0.4, -0.2) is 87.0 Å². The SMILES string of the molecule is CCOC/C=C/c1ccc(C(F)(F)C(O)(Cn2cnnn2)c2ccc(F)cc2F)nc1.CCOCCCc1ccc(C(F)(F)C(O)(Cn2cnnn2)c2ccc(F)cc2F)nc1. The van der Waals surface area contributed by atoms with E-state index in [1.165, 1.54) is 24.5 Å². The van der Waals surface area contributed by atoms with Crippen LogP contribution in [0.25, 0.3) is 6.08 Å². The summed E-state index contributed by atoms with van der Waals surface area (Å²) in [6, 6.07) is 8.85. The molecule has 4 heterocycles. The normalized spacial score (nSPS) is 14.0. The van der Waals surface area contributed by atoms with E-state index in [9.17, 15) is 27.8 Å². The summed E-state index contributed by atoms with van der Waals surface area (Å²) >= 11 is 0. The number of hydrogen-bond donors (Lipinski definition) is 2. The second-order valence-electron chi connectivity index (χ2n) is 13.5. The van der Waals surface area contributed by atoms with Crippen LogP contribution in [0, 0.1) is 23.3 Å². The number of aromatic nitrogens is 10. The van der Waals surface area contributed by atoms with E-state index in [1.807, 2.05) is 13.8 Å². The molecule has 0 radical (unpaired) electrons. The van der Waals surface area contributed by atoms with E-state index in [1.54, 1.807) is 12.2 Å². The molecule has 4 aromatic heterocycles. The standard InChI is InChI=1S/C20H21F4N5O2.C20H19F4N5O2/c2*1-2-31-9-3-4-14-5-8-18(25-11-14)20(23,24)19(30,12-29-13-26-27-28-29)16-7-6-15(21)10-17(16)22/h5-8,10-11,13,30H,2-4,9,12H2,1H3;3-8,10-11,13,30H,2,9,12H2,1H3/b;4-3+. The molecule has 62 heavy (non-hydrogen) atoms. The summed E-state index contributed by atoms with van der Waals surface area (Å²) in [5.74, 6) is -12.8. The molecule has 0 aliphatic rings. The van der Waals surface area contributed by atoms with Gasteiger partial charge < -0.3 is 19.7 Å². The Hall–Kier alpha value is -6.10. The van der Waals surface area contributed by atoms with Crippen molar-refractivity contribution < 1.29 is 54.8 Å². The first-order chi connectivity index (χ1) is 29.6. The predicted molar refractivity (Wildman–Crippen MR) is 203 cm³/mol. The Kier molecular flexibility index (Phi) is 15.6. The molecule has 2 unspecified atom stereocenters. The van der Waals surface area contributed by atoms with E-state index in [4.69, 9.17) is 9.47 Å². The molecule has 330 valence electrons. The van der Waals surface area contributed by atoms with Crippen LogP contribution in [0.2, 0.25) is 0 Å². The number of alkyl halides is 4. The Morgan fingerprint density at radius 1 is 0.661 bits per heavy atom. The second kappa shape index (κ2) is 20.6. The number of rotatable bonds is 19. The van der Waals surface area contributed by atoms with Crippen molar-refractivity contribution in [1.82, 2.24) is 50.4 Å². The van der Waals surface area contributed by atoms with Crippen molar-refractivity contribution in [2.75, 3.05) is 26.4 Å². The van der Waals surface area contributed by atoms with E-state index in [2.05, 4.69) is 41.0 Å². The largest absolute Gasteiger partial charge is 0.382 e. The summed E-state index contributed by atoms with van der Waals surface area (Å²) < 4.78 is 130. The lowest BCUT2D eigenvalue weighted by molar-refractivity contribution is -0.207. The average Bonchev–Trinajstić information content (AvgIpc) is 3.96. The lowest BCUT2D eigenvalue weighted by atomic mass is 9.84. The third-order valence-electron chi connectivity index (χ3n) is 9.30. The first-order valence-corrected chi connectivity index (χ1v) is 18.8. The molecule has 14 nitrogen and oxygen atoms in total. The number of tetrazole rings is 2.